The van der Waals surface area contributed by atoms with Crippen molar-refractivity contribution in [2.75, 3.05) is 0 Å². The van der Waals surface area contributed by atoms with Crippen LogP contribution in [0.5, 0.6) is 0 Å². The van der Waals surface area contributed by atoms with Crippen LogP contribution in [0, 0.1) is 20.8 Å². The van der Waals surface area contributed by atoms with E-state index in [-0.39, 0.29) is 5.78 Å². The predicted octanol–water partition coefficient (Wildman–Crippen LogP) is 2.68. The SMILES string of the molecule is CCc1ccc(C)[n+](CC(=O)c2cc(C)n(C)c2C)c1. The van der Waals surface area contributed by atoms with Crippen molar-refractivity contribution in [3.05, 3.63) is 52.6 Å². The van der Waals surface area contributed by atoms with Gasteiger partial charge in [-0.1, -0.05) is 6.92 Å². The molecule has 0 aliphatic rings. The summed E-state index contributed by atoms with van der Waals surface area (Å²) >= 11 is 0. The van der Waals surface area contributed by atoms with E-state index in [9.17, 15) is 4.79 Å². The van der Waals surface area contributed by atoms with Gasteiger partial charge >= 0.3 is 0 Å². The molecule has 0 saturated carbocycles. The second kappa shape index (κ2) is 5.61. The van der Waals surface area contributed by atoms with E-state index < -0.39 is 0 Å². The number of hydrogen-bond donors (Lipinski definition) is 0. The second-order valence-electron chi connectivity index (χ2n) is 5.43. The maximum Gasteiger partial charge on any atom is 0.229 e. The van der Waals surface area contributed by atoms with Gasteiger partial charge in [-0.25, -0.2) is 0 Å². The largest absolute Gasteiger partial charge is 0.351 e. The lowest BCUT2D eigenvalue weighted by Gasteiger charge is -2.03. The molecule has 0 aliphatic carbocycles. The first-order valence-corrected chi connectivity index (χ1v) is 7.09. The average Bonchev–Trinajstić information content (AvgIpc) is 2.69. The van der Waals surface area contributed by atoms with Crippen LogP contribution in [-0.2, 0) is 20.0 Å². The Morgan fingerprint density at radius 3 is 2.50 bits per heavy atom. The molecule has 0 radical (unpaired) electrons. The zero-order chi connectivity index (χ0) is 14.9. The highest BCUT2D eigenvalue weighted by Gasteiger charge is 2.19. The number of carbonyl (C=O) groups excluding carboxylic acids is 1. The summed E-state index contributed by atoms with van der Waals surface area (Å²) in [5.74, 6) is 0.174. The number of rotatable bonds is 4. The minimum Gasteiger partial charge on any atom is -0.351 e. The Morgan fingerprint density at radius 1 is 1.25 bits per heavy atom. The summed E-state index contributed by atoms with van der Waals surface area (Å²) < 4.78 is 4.11. The number of pyridine rings is 1. The number of hydrogen-bond acceptors (Lipinski definition) is 1. The van der Waals surface area contributed by atoms with Gasteiger partial charge in [-0.05, 0) is 32.4 Å². The molecule has 0 atom stereocenters. The molecule has 0 amide bonds. The lowest BCUT2D eigenvalue weighted by atomic mass is 10.1. The van der Waals surface area contributed by atoms with Crippen LogP contribution in [0.25, 0.3) is 0 Å². The van der Waals surface area contributed by atoms with Crippen molar-refractivity contribution in [2.24, 2.45) is 7.05 Å². The highest BCUT2D eigenvalue weighted by molar-refractivity contribution is 5.96. The molecule has 0 fully saturated rings. The molecule has 106 valence electrons. The molecule has 2 heterocycles. The first-order valence-electron chi connectivity index (χ1n) is 7.09. The number of Topliss-reactive ketones (excluding diaryl/α,β-unsaturated/α-hetero) is 1. The number of aromatic nitrogens is 2. The Labute approximate surface area is 120 Å². The van der Waals surface area contributed by atoms with Crippen LogP contribution in [0.1, 0.15) is 39.9 Å². The molecule has 2 aromatic heterocycles. The summed E-state index contributed by atoms with van der Waals surface area (Å²) in [5.41, 5.74) is 5.36. The first-order chi connectivity index (χ1) is 9.43. The maximum absolute atomic E-state index is 12.5. The van der Waals surface area contributed by atoms with Crippen LogP contribution in [0.2, 0.25) is 0 Å². The zero-order valence-electron chi connectivity index (χ0n) is 13.0. The summed E-state index contributed by atoms with van der Waals surface area (Å²) in [6.07, 6.45) is 3.07. The van der Waals surface area contributed by atoms with E-state index in [4.69, 9.17) is 0 Å². The van der Waals surface area contributed by atoms with E-state index in [1.165, 1.54) is 5.56 Å². The normalized spacial score (nSPS) is 10.8. The van der Waals surface area contributed by atoms with Gasteiger partial charge in [0.05, 0.1) is 0 Å². The second-order valence-corrected chi connectivity index (χ2v) is 5.43. The van der Waals surface area contributed by atoms with Gasteiger partial charge in [-0.3, -0.25) is 4.79 Å². The molecule has 0 unspecified atom stereocenters. The quantitative estimate of drug-likeness (QED) is 0.620. The molecule has 0 N–H and O–H groups in total. The van der Waals surface area contributed by atoms with Crippen molar-refractivity contribution in [3.63, 3.8) is 0 Å². The van der Waals surface area contributed by atoms with E-state index in [2.05, 4.69) is 29.8 Å². The fourth-order valence-corrected chi connectivity index (χ4v) is 2.43. The van der Waals surface area contributed by atoms with Gasteiger partial charge in [0.2, 0.25) is 12.3 Å². The zero-order valence-corrected chi connectivity index (χ0v) is 13.0. The van der Waals surface area contributed by atoms with Crippen molar-refractivity contribution in [1.29, 1.82) is 0 Å². The molecule has 20 heavy (non-hydrogen) atoms. The molecule has 2 aromatic rings. The summed E-state index contributed by atoms with van der Waals surface area (Å²) in [7, 11) is 2.00. The van der Waals surface area contributed by atoms with Crippen molar-refractivity contribution < 1.29 is 9.36 Å². The summed E-state index contributed by atoms with van der Waals surface area (Å²) in [4.78, 5) is 12.5. The summed E-state index contributed by atoms with van der Waals surface area (Å²) in [6, 6.07) is 6.18. The molecule has 3 nitrogen and oxygen atoms in total. The van der Waals surface area contributed by atoms with Crippen molar-refractivity contribution in [3.8, 4) is 0 Å². The van der Waals surface area contributed by atoms with Gasteiger partial charge in [0.15, 0.2) is 11.9 Å². The molecular weight excluding hydrogens is 248 g/mol. The highest BCUT2D eigenvalue weighted by Crippen LogP contribution is 2.14. The topological polar surface area (TPSA) is 25.9 Å². The minimum atomic E-state index is 0.174. The number of aryl methyl sites for hydroxylation is 3. The lowest BCUT2D eigenvalue weighted by Crippen LogP contribution is -2.41. The van der Waals surface area contributed by atoms with Crippen molar-refractivity contribution in [1.82, 2.24) is 4.57 Å². The molecule has 0 bridgehead atoms. The van der Waals surface area contributed by atoms with Crippen LogP contribution < -0.4 is 4.57 Å². The number of nitrogens with zero attached hydrogens (tertiary/aromatic N) is 2. The van der Waals surface area contributed by atoms with Crippen LogP contribution >= 0.6 is 0 Å². The summed E-state index contributed by atoms with van der Waals surface area (Å²) in [5, 5.41) is 0. The van der Waals surface area contributed by atoms with Gasteiger partial charge in [-0.2, -0.15) is 4.57 Å². The van der Waals surface area contributed by atoms with Gasteiger partial charge in [0.1, 0.15) is 0 Å². The molecule has 2 rings (SSSR count). The Kier molecular flexibility index (Phi) is 4.07. The number of carbonyl (C=O) groups is 1. The lowest BCUT2D eigenvalue weighted by molar-refractivity contribution is -0.689. The van der Waals surface area contributed by atoms with Crippen molar-refractivity contribution >= 4 is 5.78 Å². The third-order valence-electron chi connectivity index (χ3n) is 4.11. The fraction of sp³-hybridized carbons (Fsp3) is 0.412. The Balaban J connectivity index is 2.30. The van der Waals surface area contributed by atoms with Gasteiger partial charge < -0.3 is 4.57 Å². The van der Waals surface area contributed by atoms with Gasteiger partial charge in [-0.15, -0.1) is 0 Å². The highest BCUT2D eigenvalue weighted by atomic mass is 16.1. The molecule has 0 aliphatic heterocycles. The monoisotopic (exact) mass is 271 g/mol. The molecule has 0 spiro atoms. The van der Waals surface area contributed by atoms with Gasteiger partial charge in [0, 0.05) is 42.6 Å². The number of ketones is 1. The third-order valence-corrected chi connectivity index (χ3v) is 4.11. The van der Waals surface area contributed by atoms with E-state index in [0.29, 0.717) is 6.54 Å². The van der Waals surface area contributed by atoms with E-state index in [0.717, 1.165) is 29.1 Å². The van der Waals surface area contributed by atoms with Crippen LogP contribution in [0.15, 0.2) is 24.4 Å². The fourth-order valence-electron chi connectivity index (χ4n) is 2.43. The standard InChI is InChI=1S/C17H23N2O/c1-6-15-8-7-12(2)19(10-15)11-17(20)16-9-13(3)18(5)14(16)4/h7-10H,6,11H2,1-5H3/q+1. The van der Waals surface area contributed by atoms with Crippen molar-refractivity contribution in [2.45, 2.75) is 40.7 Å². The average molecular weight is 271 g/mol. The maximum atomic E-state index is 12.5. The van der Waals surface area contributed by atoms with Crippen LogP contribution in [0.4, 0.5) is 0 Å². The molecule has 0 saturated heterocycles. The van der Waals surface area contributed by atoms with Crippen LogP contribution in [-0.4, -0.2) is 10.4 Å². The molecule has 3 heteroatoms. The van der Waals surface area contributed by atoms with E-state index in [1.807, 2.05) is 38.5 Å². The predicted molar refractivity (Wildman–Crippen MR) is 80.0 cm³/mol. The Bertz CT molecular complexity index is 653. The third kappa shape index (κ3) is 2.67. The van der Waals surface area contributed by atoms with Crippen LogP contribution in [0.3, 0.4) is 0 Å². The van der Waals surface area contributed by atoms with E-state index in [1.54, 1.807) is 0 Å². The molecular formula is C17H23N2O+. The summed E-state index contributed by atoms with van der Waals surface area (Å²) in [6.45, 7) is 8.60. The van der Waals surface area contributed by atoms with E-state index >= 15 is 0 Å². The minimum absolute atomic E-state index is 0.174. The van der Waals surface area contributed by atoms with Gasteiger partial charge in [0.25, 0.3) is 0 Å². The smallest absolute Gasteiger partial charge is 0.229 e. The Hall–Kier alpha value is -1.90. The molecule has 0 aromatic carbocycles. The Morgan fingerprint density at radius 2 is 1.95 bits per heavy atom. The first kappa shape index (κ1) is 14.5.